The van der Waals surface area contributed by atoms with Crippen LogP contribution in [0, 0.1) is 5.92 Å². The quantitative estimate of drug-likeness (QED) is 0.770. The predicted octanol–water partition coefficient (Wildman–Crippen LogP) is 3.78. The molecule has 2 N–H and O–H groups in total. The average molecular weight is 251 g/mol. The first-order valence-electron chi connectivity index (χ1n) is 8.15. The lowest BCUT2D eigenvalue weighted by Crippen LogP contribution is -2.54. The first kappa shape index (κ1) is 12.9. The van der Waals surface area contributed by atoms with Gasteiger partial charge in [-0.1, -0.05) is 38.5 Å². The van der Waals surface area contributed by atoms with Crippen LogP contribution in [0.15, 0.2) is 0 Å². The van der Waals surface area contributed by atoms with Crippen LogP contribution in [-0.4, -0.2) is 17.7 Å². The smallest absolute Gasteiger partial charge is 0.0685 e. The van der Waals surface area contributed by atoms with Crippen molar-refractivity contribution >= 4 is 0 Å². The van der Waals surface area contributed by atoms with Crippen molar-refractivity contribution in [1.82, 2.24) is 0 Å². The van der Waals surface area contributed by atoms with Crippen molar-refractivity contribution < 1.29 is 4.74 Å². The lowest BCUT2D eigenvalue weighted by molar-refractivity contribution is -0.129. The molecule has 2 saturated carbocycles. The molecule has 3 fully saturated rings. The zero-order chi connectivity index (χ0) is 12.5. The van der Waals surface area contributed by atoms with Crippen LogP contribution in [0.1, 0.15) is 77.0 Å². The van der Waals surface area contributed by atoms with Crippen LogP contribution < -0.4 is 5.73 Å². The van der Waals surface area contributed by atoms with Gasteiger partial charge in [-0.2, -0.15) is 0 Å². The van der Waals surface area contributed by atoms with Crippen molar-refractivity contribution in [2.75, 3.05) is 6.61 Å². The molecule has 2 aliphatic carbocycles. The van der Waals surface area contributed by atoms with E-state index >= 15 is 0 Å². The van der Waals surface area contributed by atoms with Gasteiger partial charge in [0.25, 0.3) is 0 Å². The van der Waals surface area contributed by atoms with Gasteiger partial charge in [0.05, 0.1) is 5.60 Å². The molecule has 0 aromatic heterocycles. The molecule has 2 nitrogen and oxygen atoms in total. The molecule has 1 saturated heterocycles. The summed E-state index contributed by atoms with van der Waals surface area (Å²) in [5, 5.41) is 0. The Labute approximate surface area is 112 Å². The van der Waals surface area contributed by atoms with E-state index in [1.807, 2.05) is 0 Å². The highest BCUT2D eigenvalue weighted by atomic mass is 16.5. The minimum Gasteiger partial charge on any atom is -0.375 e. The molecule has 0 radical (unpaired) electrons. The highest BCUT2D eigenvalue weighted by Gasteiger charge is 2.45. The first-order valence-corrected chi connectivity index (χ1v) is 8.15. The van der Waals surface area contributed by atoms with Crippen molar-refractivity contribution in [1.29, 1.82) is 0 Å². The Kier molecular flexibility index (Phi) is 3.68. The largest absolute Gasteiger partial charge is 0.375 e. The molecule has 1 spiro atoms. The summed E-state index contributed by atoms with van der Waals surface area (Å²) in [5.41, 5.74) is 7.14. The van der Waals surface area contributed by atoms with Crippen molar-refractivity contribution in [3.8, 4) is 0 Å². The number of ether oxygens (including phenoxy) is 1. The van der Waals surface area contributed by atoms with Gasteiger partial charge in [0, 0.05) is 12.1 Å². The third-order valence-electron chi connectivity index (χ3n) is 5.86. The zero-order valence-electron chi connectivity index (χ0n) is 11.8. The zero-order valence-corrected chi connectivity index (χ0v) is 11.8. The molecular formula is C16H29NO. The number of hydrogen-bond donors (Lipinski definition) is 1. The van der Waals surface area contributed by atoms with Gasteiger partial charge in [0.2, 0.25) is 0 Å². The van der Waals surface area contributed by atoms with Gasteiger partial charge < -0.3 is 10.5 Å². The fourth-order valence-corrected chi connectivity index (χ4v) is 4.68. The standard InChI is InChI=1S/C16H29NO/c17-16(10-5-2-6-11-16)14-7-12-18-15(13-14)8-3-1-4-9-15/h14H,1-13,17H2. The molecule has 1 aliphatic heterocycles. The molecule has 1 unspecified atom stereocenters. The van der Waals surface area contributed by atoms with E-state index in [1.165, 1.54) is 77.0 Å². The van der Waals surface area contributed by atoms with E-state index in [0.717, 1.165) is 12.5 Å². The molecule has 3 aliphatic rings. The Bertz CT molecular complexity index is 258. The second kappa shape index (κ2) is 5.13. The fourth-order valence-electron chi connectivity index (χ4n) is 4.68. The van der Waals surface area contributed by atoms with Crippen LogP contribution in [0.25, 0.3) is 0 Å². The number of nitrogens with two attached hydrogens (primary N) is 1. The maximum Gasteiger partial charge on any atom is 0.0685 e. The lowest BCUT2D eigenvalue weighted by Gasteiger charge is -2.50. The minimum atomic E-state index is 0.145. The molecule has 1 heterocycles. The summed E-state index contributed by atoms with van der Waals surface area (Å²) in [6.45, 7) is 0.962. The Balaban J connectivity index is 1.69. The molecule has 0 aromatic rings. The summed E-state index contributed by atoms with van der Waals surface area (Å²) in [7, 11) is 0. The van der Waals surface area contributed by atoms with Gasteiger partial charge >= 0.3 is 0 Å². The molecule has 1 atom stereocenters. The van der Waals surface area contributed by atoms with E-state index in [4.69, 9.17) is 10.5 Å². The second-order valence-electron chi connectivity index (χ2n) is 7.08. The van der Waals surface area contributed by atoms with E-state index in [1.54, 1.807) is 0 Å². The first-order chi connectivity index (χ1) is 8.73. The van der Waals surface area contributed by atoms with Gasteiger partial charge in [0.15, 0.2) is 0 Å². The van der Waals surface area contributed by atoms with Gasteiger partial charge in [0.1, 0.15) is 0 Å². The number of hydrogen-bond acceptors (Lipinski definition) is 2. The van der Waals surface area contributed by atoms with Crippen LogP contribution in [-0.2, 0) is 4.74 Å². The molecule has 0 bridgehead atoms. The van der Waals surface area contributed by atoms with Crippen molar-refractivity contribution in [3.63, 3.8) is 0 Å². The van der Waals surface area contributed by atoms with Crippen LogP contribution in [0.4, 0.5) is 0 Å². The summed E-state index contributed by atoms with van der Waals surface area (Å²) < 4.78 is 6.22. The Morgan fingerprint density at radius 3 is 2.11 bits per heavy atom. The minimum absolute atomic E-state index is 0.145. The maximum absolute atomic E-state index is 6.77. The van der Waals surface area contributed by atoms with Gasteiger partial charge in [-0.05, 0) is 44.4 Å². The van der Waals surface area contributed by atoms with Crippen molar-refractivity contribution in [3.05, 3.63) is 0 Å². The third-order valence-corrected chi connectivity index (χ3v) is 5.86. The van der Waals surface area contributed by atoms with Crippen LogP contribution in [0.5, 0.6) is 0 Å². The SMILES string of the molecule is NC1(C2CCOC3(CCCCC3)C2)CCCCC1. The Hall–Kier alpha value is -0.0800. The lowest BCUT2D eigenvalue weighted by atomic mass is 9.65. The highest BCUT2D eigenvalue weighted by molar-refractivity contribution is 5.00. The molecule has 104 valence electrons. The topological polar surface area (TPSA) is 35.2 Å². The van der Waals surface area contributed by atoms with E-state index < -0.39 is 0 Å². The highest BCUT2D eigenvalue weighted by Crippen LogP contribution is 2.46. The van der Waals surface area contributed by atoms with E-state index in [-0.39, 0.29) is 11.1 Å². The summed E-state index contributed by atoms with van der Waals surface area (Å²) in [4.78, 5) is 0. The van der Waals surface area contributed by atoms with Crippen molar-refractivity contribution in [2.24, 2.45) is 11.7 Å². The van der Waals surface area contributed by atoms with Gasteiger partial charge in [-0.3, -0.25) is 0 Å². The molecular weight excluding hydrogens is 222 g/mol. The summed E-state index contributed by atoms with van der Waals surface area (Å²) >= 11 is 0. The van der Waals surface area contributed by atoms with E-state index in [9.17, 15) is 0 Å². The fraction of sp³-hybridized carbons (Fsp3) is 1.00. The summed E-state index contributed by atoms with van der Waals surface area (Å²) in [6, 6.07) is 0. The maximum atomic E-state index is 6.77. The summed E-state index contributed by atoms with van der Waals surface area (Å²) in [5.74, 6) is 0.727. The Morgan fingerprint density at radius 2 is 1.44 bits per heavy atom. The van der Waals surface area contributed by atoms with Crippen LogP contribution >= 0.6 is 0 Å². The molecule has 0 amide bonds. The van der Waals surface area contributed by atoms with Crippen LogP contribution in [0.2, 0.25) is 0 Å². The van der Waals surface area contributed by atoms with Gasteiger partial charge in [-0.25, -0.2) is 0 Å². The monoisotopic (exact) mass is 251 g/mol. The second-order valence-corrected chi connectivity index (χ2v) is 7.08. The normalized spacial score (nSPS) is 35.5. The molecule has 0 aromatic carbocycles. The molecule has 2 heteroatoms. The van der Waals surface area contributed by atoms with E-state index in [0.29, 0.717) is 0 Å². The number of rotatable bonds is 1. The van der Waals surface area contributed by atoms with E-state index in [2.05, 4.69) is 0 Å². The van der Waals surface area contributed by atoms with Crippen molar-refractivity contribution in [2.45, 2.75) is 88.2 Å². The van der Waals surface area contributed by atoms with Gasteiger partial charge in [-0.15, -0.1) is 0 Å². The van der Waals surface area contributed by atoms with Crippen LogP contribution in [0.3, 0.4) is 0 Å². The summed E-state index contributed by atoms with van der Waals surface area (Å²) in [6.07, 6.45) is 15.8. The molecule has 3 rings (SSSR count). The molecule has 18 heavy (non-hydrogen) atoms. The predicted molar refractivity (Wildman–Crippen MR) is 74.5 cm³/mol. The Morgan fingerprint density at radius 1 is 0.833 bits per heavy atom. The third kappa shape index (κ3) is 2.46. The average Bonchev–Trinajstić information content (AvgIpc) is 2.41.